The average Bonchev–Trinajstić information content (AvgIpc) is 3.10. The molecule has 3 heterocycles. The van der Waals surface area contributed by atoms with E-state index < -0.39 is 0 Å². The molecule has 0 aliphatic carbocycles. The lowest BCUT2D eigenvalue weighted by molar-refractivity contribution is 0.201. The second kappa shape index (κ2) is 5.30. The molecule has 0 spiro atoms. The van der Waals surface area contributed by atoms with Crippen LogP contribution in [0.1, 0.15) is 30.3 Å². The van der Waals surface area contributed by atoms with Gasteiger partial charge in [-0.05, 0) is 25.9 Å². The van der Waals surface area contributed by atoms with Crippen LogP contribution in [0.3, 0.4) is 0 Å². The molecule has 6 nitrogen and oxygen atoms in total. The third-order valence-electron chi connectivity index (χ3n) is 3.54. The van der Waals surface area contributed by atoms with Gasteiger partial charge < -0.3 is 9.32 Å². The van der Waals surface area contributed by atoms with Gasteiger partial charge in [-0.3, -0.25) is 0 Å². The van der Waals surface area contributed by atoms with E-state index in [4.69, 9.17) is 4.42 Å². The predicted octanol–water partition coefficient (Wildman–Crippen LogP) is 1.21. The van der Waals surface area contributed by atoms with Crippen LogP contribution in [0.15, 0.2) is 23.1 Å². The zero-order valence-corrected chi connectivity index (χ0v) is 10.2. The third kappa shape index (κ3) is 2.59. The van der Waals surface area contributed by atoms with Gasteiger partial charge in [0.2, 0.25) is 0 Å². The van der Waals surface area contributed by atoms with Crippen molar-refractivity contribution in [2.45, 2.75) is 25.2 Å². The molecule has 0 saturated carbocycles. The number of oxazole rings is 1. The third-order valence-corrected chi connectivity index (χ3v) is 3.54. The Bertz CT molecular complexity index is 445. The van der Waals surface area contributed by atoms with E-state index in [1.807, 2.05) is 0 Å². The van der Waals surface area contributed by atoms with Crippen LogP contribution < -0.4 is 0 Å². The number of H-pyrrole nitrogens is 1. The van der Waals surface area contributed by atoms with Crippen molar-refractivity contribution in [2.75, 3.05) is 19.6 Å². The second-order valence-electron chi connectivity index (χ2n) is 4.70. The summed E-state index contributed by atoms with van der Waals surface area (Å²) < 4.78 is 5.38. The number of hydrogen-bond acceptors (Lipinski definition) is 5. The fraction of sp³-hybridized carbons (Fsp3) is 0.583. The number of hydrogen-bond donors (Lipinski definition) is 1. The molecule has 6 heteroatoms. The SMILES string of the molecule is c1coc(C2CCN(CCc3cn[nH]n3)CC2)n1. The maximum Gasteiger partial charge on any atom is 0.197 e. The maximum absolute atomic E-state index is 5.38. The van der Waals surface area contributed by atoms with Crippen LogP contribution in [0.25, 0.3) is 0 Å². The fourth-order valence-corrected chi connectivity index (χ4v) is 2.46. The van der Waals surface area contributed by atoms with Gasteiger partial charge in [0.1, 0.15) is 6.26 Å². The molecule has 0 aromatic carbocycles. The van der Waals surface area contributed by atoms with Crippen LogP contribution in [0.4, 0.5) is 0 Å². The van der Waals surface area contributed by atoms with Crippen LogP contribution in [-0.4, -0.2) is 44.9 Å². The van der Waals surface area contributed by atoms with Crippen molar-refractivity contribution in [1.82, 2.24) is 25.3 Å². The molecule has 0 radical (unpaired) electrons. The van der Waals surface area contributed by atoms with E-state index in [0.717, 1.165) is 50.5 Å². The highest BCUT2D eigenvalue weighted by molar-refractivity contribution is 4.96. The van der Waals surface area contributed by atoms with E-state index >= 15 is 0 Å². The highest BCUT2D eigenvalue weighted by Gasteiger charge is 2.23. The van der Waals surface area contributed by atoms with Gasteiger partial charge in [-0.25, -0.2) is 4.98 Å². The summed E-state index contributed by atoms with van der Waals surface area (Å²) in [6.45, 7) is 3.25. The zero-order valence-electron chi connectivity index (χ0n) is 10.2. The minimum absolute atomic E-state index is 0.489. The van der Waals surface area contributed by atoms with Gasteiger partial charge in [-0.15, -0.1) is 0 Å². The van der Waals surface area contributed by atoms with E-state index in [1.54, 1.807) is 18.7 Å². The molecule has 0 unspecified atom stereocenters. The summed E-state index contributed by atoms with van der Waals surface area (Å²) in [4.78, 5) is 6.71. The van der Waals surface area contributed by atoms with Gasteiger partial charge in [0.25, 0.3) is 0 Å². The number of likely N-dealkylation sites (tertiary alicyclic amines) is 1. The van der Waals surface area contributed by atoms with Crippen LogP contribution in [0.2, 0.25) is 0 Å². The summed E-state index contributed by atoms with van der Waals surface area (Å²) in [6.07, 6.45) is 8.39. The lowest BCUT2D eigenvalue weighted by Crippen LogP contribution is -2.34. The summed E-state index contributed by atoms with van der Waals surface area (Å²) in [5, 5.41) is 10.5. The van der Waals surface area contributed by atoms with Crippen LogP contribution in [0.5, 0.6) is 0 Å². The Morgan fingerprint density at radius 1 is 1.39 bits per heavy atom. The Balaban J connectivity index is 1.45. The lowest BCUT2D eigenvalue weighted by Gasteiger charge is -2.30. The first-order valence-electron chi connectivity index (χ1n) is 6.38. The van der Waals surface area contributed by atoms with Crippen molar-refractivity contribution in [3.8, 4) is 0 Å². The molecule has 0 bridgehead atoms. The van der Waals surface area contributed by atoms with Crippen LogP contribution in [-0.2, 0) is 6.42 Å². The molecule has 3 rings (SSSR count). The van der Waals surface area contributed by atoms with Crippen molar-refractivity contribution in [2.24, 2.45) is 0 Å². The Morgan fingerprint density at radius 2 is 2.28 bits per heavy atom. The monoisotopic (exact) mass is 247 g/mol. The van der Waals surface area contributed by atoms with Crippen molar-refractivity contribution in [3.63, 3.8) is 0 Å². The van der Waals surface area contributed by atoms with Gasteiger partial charge in [0.05, 0.1) is 18.1 Å². The minimum Gasteiger partial charge on any atom is -0.449 e. The Hall–Kier alpha value is -1.69. The average molecular weight is 247 g/mol. The maximum atomic E-state index is 5.38. The van der Waals surface area contributed by atoms with Gasteiger partial charge in [0, 0.05) is 18.9 Å². The molecule has 0 amide bonds. The summed E-state index contributed by atoms with van der Waals surface area (Å²) in [6, 6.07) is 0. The smallest absolute Gasteiger partial charge is 0.197 e. The van der Waals surface area contributed by atoms with E-state index in [2.05, 4.69) is 25.3 Å². The van der Waals surface area contributed by atoms with E-state index in [0.29, 0.717) is 5.92 Å². The van der Waals surface area contributed by atoms with E-state index in [-0.39, 0.29) is 0 Å². The quantitative estimate of drug-likeness (QED) is 0.879. The Kier molecular flexibility index (Phi) is 3.36. The molecule has 1 aliphatic rings. The number of aromatic nitrogens is 4. The molecular formula is C12H17N5O. The molecule has 1 N–H and O–H groups in total. The van der Waals surface area contributed by atoms with Gasteiger partial charge in [0.15, 0.2) is 5.89 Å². The van der Waals surface area contributed by atoms with Crippen molar-refractivity contribution in [3.05, 3.63) is 30.2 Å². The van der Waals surface area contributed by atoms with E-state index in [1.165, 1.54) is 0 Å². The molecule has 1 fully saturated rings. The van der Waals surface area contributed by atoms with Crippen molar-refractivity contribution < 1.29 is 4.42 Å². The number of nitrogens with one attached hydrogen (secondary N) is 1. The molecule has 96 valence electrons. The highest BCUT2D eigenvalue weighted by Crippen LogP contribution is 2.26. The highest BCUT2D eigenvalue weighted by atomic mass is 16.3. The normalized spacial score (nSPS) is 18.2. The molecule has 1 aliphatic heterocycles. The Labute approximate surface area is 105 Å². The first kappa shape index (κ1) is 11.4. The molecule has 1 saturated heterocycles. The van der Waals surface area contributed by atoms with Crippen molar-refractivity contribution >= 4 is 0 Å². The number of piperidine rings is 1. The molecule has 2 aromatic heterocycles. The van der Waals surface area contributed by atoms with Crippen LogP contribution >= 0.6 is 0 Å². The lowest BCUT2D eigenvalue weighted by atomic mass is 9.96. The first-order chi connectivity index (χ1) is 8.92. The summed E-state index contributed by atoms with van der Waals surface area (Å²) in [5.74, 6) is 1.38. The summed E-state index contributed by atoms with van der Waals surface area (Å²) in [5.41, 5.74) is 1.03. The molecular weight excluding hydrogens is 230 g/mol. The number of rotatable bonds is 4. The number of aromatic amines is 1. The predicted molar refractivity (Wildman–Crippen MR) is 65.0 cm³/mol. The zero-order chi connectivity index (χ0) is 12.2. The van der Waals surface area contributed by atoms with Gasteiger partial charge >= 0.3 is 0 Å². The number of nitrogens with zero attached hydrogens (tertiary/aromatic N) is 4. The minimum atomic E-state index is 0.489. The topological polar surface area (TPSA) is 70.8 Å². The first-order valence-corrected chi connectivity index (χ1v) is 6.38. The molecule has 18 heavy (non-hydrogen) atoms. The van der Waals surface area contributed by atoms with Crippen LogP contribution in [0, 0.1) is 0 Å². The second-order valence-corrected chi connectivity index (χ2v) is 4.70. The summed E-state index contributed by atoms with van der Waals surface area (Å²) in [7, 11) is 0. The molecule has 0 atom stereocenters. The standard InChI is InChI=1S/C12H17N5O/c1-5-17(7-3-11-9-14-16-15-11)6-2-10(1)12-13-4-8-18-12/h4,8-10H,1-3,5-7H2,(H,14,15,16). The van der Waals surface area contributed by atoms with Crippen molar-refractivity contribution in [1.29, 1.82) is 0 Å². The molecule has 2 aromatic rings. The van der Waals surface area contributed by atoms with E-state index in [9.17, 15) is 0 Å². The fourth-order valence-electron chi connectivity index (χ4n) is 2.46. The van der Waals surface area contributed by atoms with Gasteiger partial charge in [-0.2, -0.15) is 15.4 Å². The largest absolute Gasteiger partial charge is 0.449 e. The summed E-state index contributed by atoms with van der Waals surface area (Å²) >= 11 is 0. The van der Waals surface area contributed by atoms with Gasteiger partial charge in [-0.1, -0.05) is 0 Å². The Morgan fingerprint density at radius 3 is 2.94 bits per heavy atom.